The zero-order chi connectivity index (χ0) is 20.6. The zero-order valence-corrected chi connectivity index (χ0v) is 16.5. The number of hydrogen-bond donors (Lipinski definition) is 2. The molecule has 0 saturated heterocycles. The van der Waals surface area contributed by atoms with Gasteiger partial charge >= 0.3 is 6.18 Å². The third-order valence-electron chi connectivity index (χ3n) is 3.76. The molecule has 2 N–H and O–H groups in total. The lowest BCUT2D eigenvalue weighted by Crippen LogP contribution is -2.22. The van der Waals surface area contributed by atoms with Gasteiger partial charge in [0.15, 0.2) is 0 Å². The third kappa shape index (κ3) is 7.84. The highest BCUT2D eigenvalue weighted by atomic mass is 32.9. The number of aromatic nitrogens is 1. The number of fused-ring (bicyclic) bond motifs is 1. The minimum absolute atomic E-state index is 0.0388. The summed E-state index contributed by atoms with van der Waals surface area (Å²) in [5, 5.41) is 3.07. The van der Waals surface area contributed by atoms with Crippen molar-refractivity contribution in [3.05, 3.63) is 35.9 Å². The van der Waals surface area contributed by atoms with Gasteiger partial charge in [0.25, 0.3) is 9.05 Å². The summed E-state index contributed by atoms with van der Waals surface area (Å²) < 4.78 is 69.1. The Balaban J connectivity index is 1.73. The molecule has 6 nitrogen and oxygen atoms in total. The lowest BCUT2D eigenvalue weighted by Gasteiger charge is -2.13. The van der Waals surface area contributed by atoms with E-state index in [1.165, 1.54) is 12.1 Å². The number of unbranched alkanes of at least 4 members (excludes halogenated alkanes) is 2. The summed E-state index contributed by atoms with van der Waals surface area (Å²) in [4.78, 5) is 4.14. The topological polar surface area (TPSA) is 80.7 Å². The van der Waals surface area contributed by atoms with Gasteiger partial charge in [-0.15, -0.1) is 0 Å². The van der Waals surface area contributed by atoms with Crippen molar-refractivity contribution in [2.45, 2.75) is 25.4 Å². The van der Waals surface area contributed by atoms with Crippen LogP contribution in [0.15, 0.2) is 30.3 Å². The Kier molecular flexibility index (Phi) is 8.38. The largest absolute Gasteiger partial charge is 0.478 e. The van der Waals surface area contributed by atoms with Crippen LogP contribution in [0, 0.1) is 0 Å². The van der Waals surface area contributed by atoms with Gasteiger partial charge in [-0.2, -0.15) is 17.4 Å². The van der Waals surface area contributed by atoms with Crippen LogP contribution in [-0.4, -0.2) is 40.0 Å². The first kappa shape index (κ1) is 22.8. The molecule has 2 rings (SSSR count). The highest BCUT2D eigenvalue weighted by molar-refractivity contribution is 8.27. The summed E-state index contributed by atoms with van der Waals surface area (Å²) in [6, 6.07) is 7.01. The summed E-state index contributed by atoms with van der Waals surface area (Å²) >= 11 is 4.18. The predicted molar refractivity (Wildman–Crippen MR) is 103 cm³/mol. The van der Waals surface area contributed by atoms with Crippen LogP contribution in [0.5, 0.6) is 5.88 Å². The number of hydrogen-bond acceptors (Lipinski definition) is 6. The number of benzene rings is 1. The molecule has 11 heteroatoms. The van der Waals surface area contributed by atoms with Gasteiger partial charge in [-0.05, 0) is 31.9 Å². The molecule has 0 aliphatic rings. The number of nitrogens with one attached hydrogen (secondary N) is 1. The number of rotatable bonds is 11. The standard InChI is InChI=1S/C17H21F3N2O4S2/c18-17(19,20)14-12-16(22-15-7-3-2-6-13(14)15)25-10-5-1-4-8-21-9-11-26-28(23,24)27/h2-3,6-7,12,21H,1,4-5,8-11H2,(H,23,24,27). The molecule has 0 bridgehead atoms. The molecule has 1 atom stereocenters. The van der Waals surface area contributed by atoms with E-state index in [0.29, 0.717) is 19.5 Å². The molecule has 0 fully saturated rings. The molecule has 28 heavy (non-hydrogen) atoms. The van der Waals surface area contributed by atoms with Crippen molar-refractivity contribution >= 4 is 31.1 Å². The van der Waals surface area contributed by atoms with Crippen molar-refractivity contribution in [1.82, 2.24) is 10.3 Å². The Labute approximate surface area is 166 Å². The van der Waals surface area contributed by atoms with Crippen molar-refractivity contribution in [2.75, 3.05) is 26.3 Å². The van der Waals surface area contributed by atoms with E-state index in [1.54, 1.807) is 12.1 Å². The normalized spacial score (nSPS) is 14.1. The van der Waals surface area contributed by atoms with Crippen LogP contribution in [0.4, 0.5) is 13.2 Å². The van der Waals surface area contributed by atoms with Crippen molar-refractivity contribution in [3.8, 4) is 5.88 Å². The summed E-state index contributed by atoms with van der Waals surface area (Å²) in [5.41, 5.74) is -0.518. The van der Waals surface area contributed by atoms with Crippen LogP contribution in [0.25, 0.3) is 10.9 Å². The maximum absolute atomic E-state index is 13.2. The summed E-state index contributed by atoms with van der Waals surface area (Å²) in [6.07, 6.45) is -2.22. The minimum Gasteiger partial charge on any atom is -0.478 e. The molecule has 0 amide bonds. The Morgan fingerprint density at radius 3 is 2.61 bits per heavy atom. The zero-order valence-electron chi connectivity index (χ0n) is 14.9. The smallest absolute Gasteiger partial charge is 0.417 e. The van der Waals surface area contributed by atoms with E-state index < -0.39 is 20.8 Å². The van der Waals surface area contributed by atoms with E-state index in [9.17, 15) is 17.4 Å². The van der Waals surface area contributed by atoms with Gasteiger partial charge < -0.3 is 10.1 Å². The molecule has 0 aliphatic carbocycles. The second kappa shape index (κ2) is 10.3. The van der Waals surface area contributed by atoms with E-state index in [0.717, 1.165) is 18.9 Å². The number of alkyl halides is 3. The first-order valence-corrected chi connectivity index (χ1v) is 11.0. The van der Waals surface area contributed by atoms with Crippen molar-refractivity contribution in [3.63, 3.8) is 0 Å². The van der Waals surface area contributed by atoms with E-state index in [2.05, 4.69) is 25.7 Å². The molecule has 1 heterocycles. The van der Waals surface area contributed by atoms with Crippen LogP contribution >= 0.6 is 0 Å². The van der Waals surface area contributed by atoms with Crippen LogP contribution in [-0.2, 0) is 30.6 Å². The van der Waals surface area contributed by atoms with Gasteiger partial charge in [-0.3, -0.25) is 8.74 Å². The van der Waals surface area contributed by atoms with Crippen molar-refractivity contribution < 1.29 is 30.9 Å². The number of pyridine rings is 1. The monoisotopic (exact) mass is 438 g/mol. The number of ether oxygens (including phenoxy) is 1. The highest BCUT2D eigenvalue weighted by Gasteiger charge is 2.33. The predicted octanol–water partition coefficient (Wildman–Crippen LogP) is 3.54. The van der Waals surface area contributed by atoms with Gasteiger partial charge in [-0.25, -0.2) is 4.98 Å². The molecule has 0 saturated carbocycles. The van der Waals surface area contributed by atoms with Crippen LogP contribution < -0.4 is 10.1 Å². The van der Waals surface area contributed by atoms with Crippen molar-refractivity contribution in [1.29, 1.82) is 0 Å². The fraction of sp³-hybridized carbons (Fsp3) is 0.471. The first-order chi connectivity index (χ1) is 13.2. The Bertz CT molecular complexity index is 876. The van der Waals surface area contributed by atoms with Crippen LogP contribution in [0.2, 0.25) is 0 Å². The Morgan fingerprint density at radius 2 is 1.89 bits per heavy atom. The average Bonchev–Trinajstić information content (AvgIpc) is 2.61. The second-order valence-electron chi connectivity index (χ2n) is 5.93. The third-order valence-corrected chi connectivity index (χ3v) is 4.51. The fourth-order valence-corrected chi connectivity index (χ4v) is 3.01. The second-order valence-corrected chi connectivity index (χ2v) is 8.29. The number of para-hydroxylation sites is 1. The van der Waals surface area contributed by atoms with E-state index in [1.807, 2.05) is 0 Å². The molecule has 1 unspecified atom stereocenters. The van der Waals surface area contributed by atoms with E-state index in [4.69, 9.17) is 9.29 Å². The van der Waals surface area contributed by atoms with Crippen molar-refractivity contribution in [2.24, 2.45) is 0 Å². The molecule has 1 aromatic carbocycles. The van der Waals surface area contributed by atoms with Gasteiger partial charge in [0.1, 0.15) is 0 Å². The lowest BCUT2D eigenvalue weighted by atomic mass is 10.1. The van der Waals surface area contributed by atoms with Crippen LogP contribution in [0.3, 0.4) is 0 Å². The Hall–Kier alpha value is -1.53. The van der Waals surface area contributed by atoms with E-state index >= 15 is 0 Å². The molecular weight excluding hydrogens is 417 g/mol. The minimum atomic E-state index is -4.48. The van der Waals surface area contributed by atoms with Gasteiger partial charge in [0.05, 0.1) is 24.3 Å². The molecule has 1 aromatic heterocycles. The lowest BCUT2D eigenvalue weighted by molar-refractivity contribution is -0.136. The van der Waals surface area contributed by atoms with Gasteiger partial charge in [0, 0.05) is 29.2 Å². The average molecular weight is 438 g/mol. The molecular formula is C17H21F3N2O4S2. The highest BCUT2D eigenvalue weighted by Crippen LogP contribution is 2.36. The molecule has 0 aliphatic heterocycles. The number of halogens is 3. The summed E-state index contributed by atoms with van der Waals surface area (Å²) in [6.45, 7) is 1.36. The molecule has 156 valence electrons. The Morgan fingerprint density at radius 1 is 1.14 bits per heavy atom. The fourth-order valence-electron chi connectivity index (χ4n) is 2.51. The molecule has 2 aromatic rings. The summed E-state index contributed by atoms with van der Waals surface area (Å²) in [7, 11) is -3.58. The van der Waals surface area contributed by atoms with Gasteiger partial charge in [-0.1, -0.05) is 18.2 Å². The quantitative estimate of drug-likeness (QED) is 0.520. The van der Waals surface area contributed by atoms with Gasteiger partial charge in [0.2, 0.25) is 5.88 Å². The molecule has 0 radical (unpaired) electrons. The maximum atomic E-state index is 13.2. The summed E-state index contributed by atoms with van der Waals surface area (Å²) in [5.74, 6) is -0.0437. The molecule has 0 spiro atoms. The first-order valence-electron chi connectivity index (χ1n) is 8.59. The van der Waals surface area contributed by atoms with Crippen LogP contribution in [0.1, 0.15) is 24.8 Å². The maximum Gasteiger partial charge on any atom is 0.417 e. The SMILES string of the molecule is O=S(O)(=S)OCCNCCCCCOc1cc(C(F)(F)F)c2ccccc2n1. The number of nitrogens with zero attached hydrogens (tertiary/aromatic N) is 1. The van der Waals surface area contributed by atoms with E-state index in [-0.39, 0.29) is 30.0 Å².